The third kappa shape index (κ3) is 2.44. The van der Waals surface area contributed by atoms with E-state index in [1.807, 2.05) is 0 Å². The van der Waals surface area contributed by atoms with Gasteiger partial charge in [0.05, 0.1) is 4.90 Å². The monoisotopic (exact) mass is 289 g/mol. The van der Waals surface area contributed by atoms with Crippen molar-refractivity contribution in [1.82, 2.24) is 4.90 Å². The molecule has 0 spiro atoms. The standard InChI is InChI=1S/C11H12ClNO4S/c1-13(2)11(14)10-6-7-5-8(18(12,15)16)3-4-9(7)17-10/h3-5,10H,6H2,1-2H3. The Morgan fingerprint density at radius 1 is 1.44 bits per heavy atom. The Balaban J connectivity index is 2.29. The summed E-state index contributed by atoms with van der Waals surface area (Å²) in [5.41, 5.74) is 0.678. The van der Waals surface area contributed by atoms with Gasteiger partial charge in [-0.25, -0.2) is 8.42 Å². The molecule has 98 valence electrons. The molecule has 1 atom stereocenters. The molecule has 0 saturated heterocycles. The first-order valence-corrected chi connectivity index (χ1v) is 7.55. The van der Waals surface area contributed by atoms with Crippen LogP contribution in [0.25, 0.3) is 0 Å². The summed E-state index contributed by atoms with van der Waals surface area (Å²) >= 11 is 0. The van der Waals surface area contributed by atoms with Gasteiger partial charge in [-0.1, -0.05) is 0 Å². The molecule has 0 fully saturated rings. The molecule has 1 aliphatic rings. The normalized spacial score (nSPS) is 18.1. The summed E-state index contributed by atoms with van der Waals surface area (Å²) in [6, 6.07) is 4.33. The Morgan fingerprint density at radius 2 is 2.11 bits per heavy atom. The molecule has 0 saturated carbocycles. The molecule has 7 heteroatoms. The Labute approximate surface area is 110 Å². The van der Waals surface area contributed by atoms with E-state index >= 15 is 0 Å². The fourth-order valence-corrected chi connectivity index (χ4v) is 2.60. The molecule has 0 aliphatic carbocycles. The van der Waals surface area contributed by atoms with Gasteiger partial charge in [0.1, 0.15) is 5.75 Å². The zero-order valence-corrected chi connectivity index (χ0v) is 11.5. The summed E-state index contributed by atoms with van der Waals surface area (Å²) in [4.78, 5) is 13.2. The van der Waals surface area contributed by atoms with E-state index in [4.69, 9.17) is 15.4 Å². The highest BCUT2D eigenvalue weighted by atomic mass is 35.7. The van der Waals surface area contributed by atoms with Gasteiger partial charge < -0.3 is 9.64 Å². The van der Waals surface area contributed by atoms with Gasteiger partial charge in [0, 0.05) is 31.2 Å². The summed E-state index contributed by atoms with van der Waals surface area (Å²) in [7, 11) is 4.79. The van der Waals surface area contributed by atoms with E-state index in [2.05, 4.69) is 0 Å². The number of benzene rings is 1. The van der Waals surface area contributed by atoms with Gasteiger partial charge >= 0.3 is 0 Å². The molecule has 5 nitrogen and oxygen atoms in total. The summed E-state index contributed by atoms with van der Waals surface area (Å²) in [6.45, 7) is 0. The van der Waals surface area contributed by atoms with Crippen LogP contribution in [0.3, 0.4) is 0 Å². The first-order chi connectivity index (χ1) is 8.29. The number of rotatable bonds is 2. The third-order valence-electron chi connectivity index (χ3n) is 2.70. The van der Waals surface area contributed by atoms with Crippen LogP contribution in [0.5, 0.6) is 5.75 Å². The van der Waals surface area contributed by atoms with Crippen molar-refractivity contribution in [3.63, 3.8) is 0 Å². The Morgan fingerprint density at radius 3 is 2.67 bits per heavy atom. The van der Waals surface area contributed by atoms with E-state index in [9.17, 15) is 13.2 Å². The molecular weight excluding hydrogens is 278 g/mol. The second-order valence-electron chi connectivity index (χ2n) is 4.25. The summed E-state index contributed by atoms with van der Waals surface area (Å²) in [6.07, 6.45) is -0.240. The van der Waals surface area contributed by atoms with E-state index in [1.54, 1.807) is 14.1 Å². The largest absolute Gasteiger partial charge is 0.480 e. The Bertz CT molecular complexity index is 597. The van der Waals surface area contributed by atoms with Crippen LogP contribution in [0, 0.1) is 0 Å². The van der Waals surface area contributed by atoms with Crippen molar-refractivity contribution in [3.8, 4) is 5.75 Å². The SMILES string of the molecule is CN(C)C(=O)C1Cc2cc(S(=O)(=O)Cl)ccc2O1. The van der Waals surface area contributed by atoms with Crippen LogP contribution >= 0.6 is 10.7 Å². The van der Waals surface area contributed by atoms with Gasteiger partial charge in [-0.05, 0) is 23.8 Å². The molecule has 1 aromatic rings. The highest BCUT2D eigenvalue weighted by molar-refractivity contribution is 8.13. The predicted molar refractivity (Wildman–Crippen MR) is 66.3 cm³/mol. The quantitative estimate of drug-likeness (QED) is 0.762. The number of amides is 1. The molecular formula is C11H12ClNO4S. The van der Waals surface area contributed by atoms with Gasteiger partial charge in [0.2, 0.25) is 0 Å². The molecule has 18 heavy (non-hydrogen) atoms. The zero-order chi connectivity index (χ0) is 13.5. The number of carbonyl (C=O) groups is 1. The maximum absolute atomic E-state index is 11.8. The van der Waals surface area contributed by atoms with Crippen LogP contribution in [0.4, 0.5) is 0 Å². The van der Waals surface area contributed by atoms with Crippen LogP contribution in [-0.2, 0) is 20.3 Å². The van der Waals surface area contributed by atoms with Crippen LogP contribution in [0.1, 0.15) is 5.56 Å². The molecule has 1 unspecified atom stereocenters. The number of hydrogen-bond acceptors (Lipinski definition) is 4. The van der Waals surface area contributed by atoms with E-state index in [0.717, 1.165) is 0 Å². The highest BCUT2D eigenvalue weighted by Gasteiger charge is 2.31. The average Bonchev–Trinajstić information content (AvgIpc) is 2.68. The third-order valence-corrected chi connectivity index (χ3v) is 4.06. The summed E-state index contributed by atoms with van der Waals surface area (Å²) in [5, 5.41) is 0. The van der Waals surface area contributed by atoms with Crippen molar-refractivity contribution in [2.45, 2.75) is 17.4 Å². The minimum atomic E-state index is -3.76. The average molecular weight is 290 g/mol. The van der Waals surface area contributed by atoms with Crippen molar-refractivity contribution in [1.29, 1.82) is 0 Å². The van der Waals surface area contributed by atoms with Gasteiger partial charge in [0.25, 0.3) is 15.0 Å². The highest BCUT2D eigenvalue weighted by Crippen LogP contribution is 2.32. The topological polar surface area (TPSA) is 63.7 Å². The Hall–Kier alpha value is -1.27. The number of nitrogens with zero attached hydrogens (tertiary/aromatic N) is 1. The minimum Gasteiger partial charge on any atom is -0.480 e. The molecule has 0 N–H and O–H groups in total. The lowest BCUT2D eigenvalue weighted by Crippen LogP contribution is -2.36. The van der Waals surface area contributed by atoms with E-state index < -0.39 is 15.2 Å². The van der Waals surface area contributed by atoms with Crippen LogP contribution in [0.2, 0.25) is 0 Å². The minimum absolute atomic E-state index is 0.0180. The summed E-state index contributed by atoms with van der Waals surface area (Å²) in [5.74, 6) is 0.376. The van der Waals surface area contributed by atoms with Gasteiger partial charge in [-0.3, -0.25) is 4.79 Å². The van der Waals surface area contributed by atoms with Gasteiger partial charge in [-0.2, -0.15) is 0 Å². The lowest BCUT2D eigenvalue weighted by atomic mass is 10.1. The van der Waals surface area contributed by atoms with Crippen LogP contribution < -0.4 is 4.74 Å². The Kier molecular flexibility index (Phi) is 3.25. The first kappa shape index (κ1) is 13.2. The van der Waals surface area contributed by atoms with Crippen molar-refractivity contribution in [2.24, 2.45) is 0 Å². The zero-order valence-electron chi connectivity index (χ0n) is 9.88. The number of likely N-dealkylation sites (N-methyl/N-ethyl adjacent to an activating group) is 1. The van der Waals surface area contributed by atoms with Gasteiger partial charge in [0.15, 0.2) is 6.10 Å². The second kappa shape index (κ2) is 4.44. The molecule has 0 bridgehead atoms. The number of carbonyl (C=O) groups excluding carboxylic acids is 1. The van der Waals surface area contributed by atoms with E-state index in [0.29, 0.717) is 17.7 Å². The van der Waals surface area contributed by atoms with Crippen molar-refractivity contribution >= 4 is 25.6 Å². The first-order valence-electron chi connectivity index (χ1n) is 5.24. The van der Waals surface area contributed by atoms with Crippen molar-refractivity contribution < 1.29 is 17.9 Å². The fraction of sp³-hybridized carbons (Fsp3) is 0.364. The van der Waals surface area contributed by atoms with Crippen LogP contribution in [-0.4, -0.2) is 39.4 Å². The molecule has 0 radical (unpaired) electrons. The molecule has 1 aliphatic heterocycles. The lowest BCUT2D eigenvalue weighted by Gasteiger charge is -2.15. The van der Waals surface area contributed by atoms with Crippen LogP contribution in [0.15, 0.2) is 23.1 Å². The van der Waals surface area contributed by atoms with E-state index in [-0.39, 0.29) is 10.8 Å². The number of fused-ring (bicyclic) bond motifs is 1. The van der Waals surface area contributed by atoms with Gasteiger partial charge in [-0.15, -0.1) is 0 Å². The molecule has 1 aromatic carbocycles. The molecule has 2 rings (SSSR count). The molecule has 1 heterocycles. The fourth-order valence-electron chi connectivity index (χ4n) is 1.80. The smallest absolute Gasteiger partial charge is 0.263 e. The maximum Gasteiger partial charge on any atom is 0.263 e. The lowest BCUT2D eigenvalue weighted by molar-refractivity contribution is -0.135. The van der Waals surface area contributed by atoms with Crippen molar-refractivity contribution in [2.75, 3.05) is 14.1 Å². The molecule has 1 amide bonds. The number of halogens is 1. The number of hydrogen-bond donors (Lipinski definition) is 0. The summed E-state index contributed by atoms with van der Waals surface area (Å²) < 4.78 is 27.9. The van der Waals surface area contributed by atoms with Crippen molar-refractivity contribution in [3.05, 3.63) is 23.8 Å². The second-order valence-corrected chi connectivity index (χ2v) is 6.82. The maximum atomic E-state index is 11.8. The molecule has 0 aromatic heterocycles. The number of ether oxygens (including phenoxy) is 1. The predicted octanol–water partition coefficient (Wildman–Crippen LogP) is 1.01. The van der Waals surface area contributed by atoms with E-state index in [1.165, 1.54) is 23.1 Å².